The topological polar surface area (TPSA) is 79.1 Å². The number of ether oxygens (including phenoxy) is 4. The van der Waals surface area contributed by atoms with Crippen molar-refractivity contribution in [2.75, 3.05) is 39.8 Å². The van der Waals surface area contributed by atoms with Gasteiger partial charge in [-0.1, -0.05) is 0 Å². The molecule has 0 radical (unpaired) electrons. The Hall–Kier alpha value is -3.00. The van der Waals surface area contributed by atoms with E-state index in [1.807, 2.05) is 16.7 Å². The van der Waals surface area contributed by atoms with E-state index in [2.05, 4.69) is 10.3 Å². The van der Waals surface area contributed by atoms with Crippen molar-refractivity contribution in [1.82, 2.24) is 14.4 Å². The summed E-state index contributed by atoms with van der Waals surface area (Å²) in [4.78, 5) is 8.98. The highest BCUT2D eigenvalue weighted by molar-refractivity contribution is 5.82. The fourth-order valence-corrected chi connectivity index (χ4v) is 3.49. The van der Waals surface area contributed by atoms with Gasteiger partial charge in [-0.05, 0) is 18.9 Å². The van der Waals surface area contributed by atoms with Crippen molar-refractivity contribution >= 4 is 11.5 Å². The zero-order chi connectivity index (χ0) is 19.5. The SMILES string of the molecule is COc1cc(OC)c(-c2nc3cnccn3c2NCC2CCCO2)cc1OC. The first-order valence-corrected chi connectivity index (χ1v) is 9.23. The molecule has 1 saturated heterocycles. The first-order valence-electron chi connectivity index (χ1n) is 9.23. The van der Waals surface area contributed by atoms with E-state index in [1.54, 1.807) is 39.8 Å². The van der Waals surface area contributed by atoms with Crippen LogP contribution in [0, 0.1) is 0 Å². The minimum atomic E-state index is 0.201. The van der Waals surface area contributed by atoms with Crippen LogP contribution >= 0.6 is 0 Å². The summed E-state index contributed by atoms with van der Waals surface area (Å²) in [5.74, 6) is 2.72. The van der Waals surface area contributed by atoms with Crippen molar-refractivity contribution in [1.29, 1.82) is 0 Å². The number of anilines is 1. The highest BCUT2D eigenvalue weighted by Gasteiger charge is 2.22. The van der Waals surface area contributed by atoms with Gasteiger partial charge in [0.15, 0.2) is 17.1 Å². The molecule has 1 aromatic carbocycles. The lowest BCUT2D eigenvalue weighted by Gasteiger charge is -2.16. The monoisotopic (exact) mass is 384 g/mol. The second kappa shape index (κ2) is 7.93. The van der Waals surface area contributed by atoms with Gasteiger partial charge >= 0.3 is 0 Å². The van der Waals surface area contributed by atoms with Crippen LogP contribution in [0.4, 0.5) is 5.82 Å². The molecule has 1 unspecified atom stereocenters. The summed E-state index contributed by atoms with van der Waals surface area (Å²) < 4.78 is 24.2. The minimum Gasteiger partial charge on any atom is -0.496 e. The molecule has 0 amide bonds. The normalized spacial score (nSPS) is 16.3. The van der Waals surface area contributed by atoms with E-state index in [4.69, 9.17) is 23.9 Å². The molecule has 3 heterocycles. The molecule has 28 heavy (non-hydrogen) atoms. The maximum Gasteiger partial charge on any atom is 0.164 e. The number of aromatic nitrogens is 3. The number of imidazole rings is 1. The Morgan fingerprint density at radius 1 is 1.14 bits per heavy atom. The van der Waals surface area contributed by atoms with Gasteiger partial charge in [-0.3, -0.25) is 9.38 Å². The Bertz CT molecular complexity index is 966. The molecule has 0 bridgehead atoms. The fourth-order valence-electron chi connectivity index (χ4n) is 3.49. The van der Waals surface area contributed by atoms with Crippen LogP contribution < -0.4 is 19.5 Å². The van der Waals surface area contributed by atoms with Crippen LogP contribution in [0.5, 0.6) is 17.2 Å². The second-order valence-corrected chi connectivity index (χ2v) is 6.54. The Kier molecular flexibility index (Phi) is 5.21. The zero-order valence-electron chi connectivity index (χ0n) is 16.3. The van der Waals surface area contributed by atoms with E-state index in [0.717, 1.165) is 42.2 Å². The summed E-state index contributed by atoms with van der Waals surface area (Å²) in [6, 6.07) is 3.68. The molecule has 1 N–H and O–H groups in total. The molecule has 3 aromatic rings. The van der Waals surface area contributed by atoms with E-state index < -0.39 is 0 Å². The average molecular weight is 384 g/mol. The van der Waals surface area contributed by atoms with Crippen molar-refractivity contribution in [3.05, 3.63) is 30.7 Å². The van der Waals surface area contributed by atoms with Crippen LogP contribution in [0.2, 0.25) is 0 Å². The number of hydrogen-bond donors (Lipinski definition) is 1. The molecule has 0 saturated carbocycles. The lowest BCUT2D eigenvalue weighted by Crippen LogP contribution is -2.19. The van der Waals surface area contributed by atoms with Crippen molar-refractivity contribution in [2.45, 2.75) is 18.9 Å². The molecule has 148 valence electrons. The Morgan fingerprint density at radius 2 is 1.93 bits per heavy atom. The van der Waals surface area contributed by atoms with Gasteiger partial charge in [-0.15, -0.1) is 0 Å². The number of fused-ring (bicyclic) bond motifs is 1. The second-order valence-electron chi connectivity index (χ2n) is 6.54. The summed E-state index contributed by atoms with van der Waals surface area (Å²) in [7, 11) is 4.84. The Labute approximate surface area is 163 Å². The van der Waals surface area contributed by atoms with Crippen molar-refractivity contribution in [3.8, 4) is 28.5 Å². The van der Waals surface area contributed by atoms with Gasteiger partial charge < -0.3 is 24.3 Å². The molecule has 1 aliphatic heterocycles. The molecule has 8 nitrogen and oxygen atoms in total. The molecule has 0 aliphatic carbocycles. The molecule has 1 aliphatic rings. The number of benzene rings is 1. The van der Waals surface area contributed by atoms with E-state index in [1.165, 1.54) is 0 Å². The maximum atomic E-state index is 5.75. The first kappa shape index (κ1) is 18.4. The highest BCUT2D eigenvalue weighted by atomic mass is 16.5. The quantitative estimate of drug-likeness (QED) is 0.671. The summed E-state index contributed by atoms with van der Waals surface area (Å²) in [5.41, 5.74) is 2.30. The summed E-state index contributed by atoms with van der Waals surface area (Å²) >= 11 is 0. The van der Waals surface area contributed by atoms with Crippen LogP contribution in [0.25, 0.3) is 16.9 Å². The highest BCUT2D eigenvalue weighted by Crippen LogP contribution is 2.42. The van der Waals surface area contributed by atoms with Gasteiger partial charge in [0.05, 0.1) is 33.6 Å². The van der Waals surface area contributed by atoms with E-state index >= 15 is 0 Å². The molecule has 1 fully saturated rings. The van der Waals surface area contributed by atoms with Gasteiger partial charge in [0.25, 0.3) is 0 Å². The number of hydrogen-bond acceptors (Lipinski definition) is 7. The Balaban J connectivity index is 1.82. The van der Waals surface area contributed by atoms with Crippen LogP contribution in [0.15, 0.2) is 30.7 Å². The van der Waals surface area contributed by atoms with Crippen LogP contribution in [-0.4, -0.2) is 55.0 Å². The standard InChI is InChI=1S/C20H24N4O4/c1-25-15-10-17(27-3)16(26-2)9-14(15)19-20(22-11-13-5-4-8-28-13)24-7-6-21-12-18(24)23-19/h6-7,9-10,12-13,22H,4-5,8,11H2,1-3H3. The first-order chi connectivity index (χ1) is 13.7. The van der Waals surface area contributed by atoms with E-state index in [9.17, 15) is 0 Å². The fraction of sp³-hybridized carbons (Fsp3) is 0.400. The minimum absolute atomic E-state index is 0.201. The average Bonchev–Trinajstić information content (AvgIpc) is 3.38. The summed E-state index contributed by atoms with van der Waals surface area (Å²) in [5, 5.41) is 3.51. The summed E-state index contributed by atoms with van der Waals surface area (Å²) in [6.45, 7) is 1.53. The number of nitrogens with one attached hydrogen (secondary N) is 1. The number of rotatable bonds is 7. The zero-order valence-corrected chi connectivity index (χ0v) is 16.3. The molecule has 2 aromatic heterocycles. The molecular weight excluding hydrogens is 360 g/mol. The van der Waals surface area contributed by atoms with Gasteiger partial charge in [0, 0.05) is 37.2 Å². The number of methoxy groups -OCH3 is 3. The molecule has 4 rings (SSSR count). The third-order valence-corrected chi connectivity index (χ3v) is 4.91. The van der Waals surface area contributed by atoms with Gasteiger partial charge in [-0.2, -0.15) is 0 Å². The number of nitrogens with zero attached hydrogens (tertiary/aromatic N) is 3. The predicted octanol–water partition coefficient (Wildman–Crippen LogP) is 3.01. The largest absolute Gasteiger partial charge is 0.496 e. The lowest BCUT2D eigenvalue weighted by atomic mass is 10.1. The lowest BCUT2D eigenvalue weighted by molar-refractivity contribution is 0.120. The van der Waals surface area contributed by atoms with Crippen LogP contribution in [0.1, 0.15) is 12.8 Å². The van der Waals surface area contributed by atoms with Gasteiger partial charge in [0.1, 0.15) is 17.3 Å². The maximum absolute atomic E-state index is 5.75. The summed E-state index contributed by atoms with van der Waals surface area (Å²) in [6.07, 6.45) is 7.71. The van der Waals surface area contributed by atoms with E-state index in [-0.39, 0.29) is 6.10 Å². The van der Waals surface area contributed by atoms with Crippen molar-refractivity contribution in [3.63, 3.8) is 0 Å². The molecule has 8 heteroatoms. The van der Waals surface area contributed by atoms with Crippen LogP contribution in [-0.2, 0) is 4.74 Å². The van der Waals surface area contributed by atoms with Crippen molar-refractivity contribution in [2.24, 2.45) is 0 Å². The van der Waals surface area contributed by atoms with Crippen LogP contribution in [0.3, 0.4) is 0 Å². The third kappa shape index (κ3) is 3.31. The van der Waals surface area contributed by atoms with Gasteiger partial charge in [0.2, 0.25) is 0 Å². The molecule has 0 spiro atoms. The molecule has 1 atom stereocenters. The smallest absolute Gasteiger partial charge is 0.164 e. The van der Waals surface area contributed by atoms with E-state index in [0.29, 0.717) is 23.8 Å². The Morgan fingerprint density at radius 3 is 2.64 bits per heavy atom. The van der Waals surface area contributed by atoms with Crippen molar-refractivity contribution < 1.29 is 18.9 Å². The predicted molar refractivity (Wildman–Crippen MR) is 106 cm³/mol. The molecular formula is C20H24N4O4. The third-order valence-electron chi connectivity index (χ3n) is 4.91. The van der Waals surface area contributed by atoms with Gasteiger partial charge in [-0.25, -0.2) is 4.98 Å².